The lowest BCUT2D eigenvalue weighted by Crippen LogP contribution is -2.12. The van der Waals surface area contributed by atoms with Crippen LogP contribution in [0.15, 0.2) is 42.6 Å². The Kier molecular flexibility index (Phi) is 3.34. The minimum absolute atomic E-state index is 0.286. The fourth-order valence-electron chi connectivity index (χ4n) is 1.83. The van der Waals surface area contributed by atoms with Gasteiger partial charge in [0, 0.05) is 11.8 Å². The minimum atomic E-state index is -0.286. The van der Waals surface area contributed by atoms with Gasteiger partial charge in [-0.2, -0.15) is 0 Å². The number of nitrogens with one attached hydrogen (secondary N) is 2. The highest BCUT2D eigenvalue weighted by molar-refractivity contribution is 6.42. The molecule has 0 aliphatic heterocycles. The van der Waals surface area contributed by atoms with E-state index in [2.05, 4.69) is 15.3 Å². The molecule has 0 bridgehead atoms. The maximum atomic E-state index is 12.1. The first-order chi connectivity index (χ1) is 9.63. The minimum Gasteiger partial charge on any atom is -0.360 e. The number of hydrogen-bond acceptors (Lipinski definition) is 2. The number of carbonyl (C=O) groups is 1. The molecule has 1 aromatic carbocycles. The van der Waals surface area contributed by atoms with Gasteiger partial charge in [-0.05, 0) is 36.4 Å². The second kappa shape index (κ2) is 5.15. The van der Waals surface area contributed by atoms with E-state index >= 15 is 0 Å². The third-order valence-electron chi connectivity index (χ3n) is 2.83. The first-order valence-electron chi connectivity index (χ1n) is 5.84. The SMILES string of the molecule is O=C(Nc1ccc2[nH]ccc2n1)c1ccc(Cl)c(Cl)c1. The highest BCUT2D eigenvalue weighted by atomic mass is 35.5. The molecule has 2 heterocycles. The van der Waals surface area contributed by atoms with Crippen LogP contribution in [0.1, 0.15) is 10.4 Å². The van der Waals surface area contributed by atoms with Gasteiger partial charge in [0.2, 0.25) is 0 Å². The summed E-state index contributed by atoms with van der Waals surface area (Å²) >= 11 is 11.7. The summed E-state index contributed by atoms with van der Waals surface area (Å²) in [5.41, 5.74) is 2.13. The lowest BCUT2D eigenvalue weighted by molar-refractivity contribution is 0.102. The Balaban J connectivity index is 1.85. The van der Waals surface area contributed by atoms with Crippen molar-refractivity contribution >= 4 is 46.0 Å². The number of halogens is 2. The van der Waals surface area contributed by atoms with E-state index < -0.39 is 0 Å². The maximum Gasteiger partial charge on any atom is 0.256 e. The van der Waals surface area contributed by atoms with Gasteiger partial charge in [-0.15, -0.1) is 0 Å². The van der Waals surface area contributed by atoms with Gasteiger partial charge in [0.25, 0.3) is 5.91 Å². The van der Waals surface area contributed by atoms with E-state index in [0.29, 0.717) is 21.4 Å². The summed E-state index contributed by atoms with van der Waals surface area (Å²) < 4.78 is 0. The summed E-state index contributed by atoms with van der Waals surface area (Å²) in [6, 6.07) is 10.1. The normalized spacial score (nSPS) is 10.7. The molecule has 4 nitrogen and oxygen atoms in total. The number of aromatic amines is 1. The summed E-state index contributed by atoms with van der Waals surface area (Å²) in [6.07, 6.45) is 1.79. The van der Waals surface area contributed by atoms with Gasteiger partial charge in [-0.1, -0.05) is 23.2 Å². The van der Waals surface area contributed by atoms with E-state index in [1.165, 1.54) is 6.07 Å². The largest absolute Gasteiger partial charge is 0.360 e. The molecular formula is C14H9Cl2N3O. The molecule has 20 heavy (non-hydrogen) atoms. The van der Waals surface area contributed by atoms with Gasteiger partial charge in [0.15, 0.2) is 0 Å². The van der Waals surface area contributed by atoms with Crippen LogP contribution in [0.2, 0.25) is 10.0 Å². The van der Waals surface area contributed by atoms with Gasteiger partial charge >= 0.3 is 0 Å². The van der Waals surface area contributed by atoms with Crippen LogP contribution in [0, 0.1) is 0 Å². The summed E-state index contributed by atoms with van der Waals surface area (Å²) in [5.74, 6) is 0.194. The van der Waals surface area contributed by atoms with Crippen LogP contribution in [0.4, 0.5) is 5.82 Å². The zero-order valence-electron chi connectivity index (χ0n) is 10.2. The van der Waals surface area contributed by atoms with Crippen molar-refractivity contribution in [3.63, 3.8) is 0 Å². The van der Waals surface area contributed by atoms with Crippen LogP contribution in [-0.4, -0.2) is 15.9 Å². The number of H-pyrrole nitrogens is 1. The standard InChI is InChI=1S/C14H9Cl2N3O/c15-9-2-1-8(7-10(9)16)14(20)19-13-4-3-11-12(18-13)5-6-17-11/h1-7,17H,(H,18,19,20). The zero-order chi connectivity index (χ0) is 14.1. The number of pyridine rings is 1. The molecule has 2 N–H and O–H groups in total. The van der Waals surface area contributed by atoms with Gasteiger partial charge in [-0.3, -0.25) is 4.79 Å². The molecule has 0 unspecified atom stereocenters. The number of aromatic nitrogens is 2. The van der Waals surface area contributed by atoms with Gasteiger partial charge in [0.05, 0.1) is 21.1 Å². The van der Waals surface area contributed by atoms with Crippen LogP contribution in [0.5, 0.6) is 0 Å². The Morgan fingerprint density at radius 1 is 1.10 bits per heavy atom. The number of fused-ring (bicyclic) bond motifs is 1. The Labute approximate surface area is 124 Å². The van der Waals surface area contributed by atoms with Crippen molar-refractivity contribution in [1.29, 1.82) is 0 Å². The highest BCUT2D eigenvalue weighted by Gasteiger charge is 2.09. The number of amides is 1. The molecule has 6 heteroatoms. The smallest absolute Gasteiger partial charge is 0.256 e. The number of benzene rings is 1. The van der Waals surface area contributed by atoms with E-state index in [0.717, 1.165) is 11.0 Å². The van der Waals surface area contributed by atoms with Crippen LogP contribution in [-0.2, 0) is 0 Å². The van der Waals surface area contributed by atoms with E-state index in [9.17, 15) is 4.79 Å². The Bertz CT molecular complexity index is 798. The van der Waals surface area contributed by atoms with Crippen molar-refractivity contribution in [3.05, 3.63) is 58.2 Å². The number of anilines is 1. The summed E-state index contributed by atoms with van der Waals surface area (Å²) in [5, 5.41) is 3.47. The molecule has 1 amide bonds. The van der Waals surface area contributed by atoms with Crippen LogP contribution >= 0.6 is 23.2 Å². The number of hydrogen-bond donors (Lipinski definition) is 2. The molecule has 2 aromatic heterocycles. The molecule has 0 aliphatic rings. The third kappa shape index (κ3) is 2.48. The first-order valence-corrected chi connectivity index (χ1v) is 6.59. The Hall–Kier alpha value is -2.04. The van der Waals surface area contributed by atoms with E-state index in [1.54, 1.807) is 24.4 Å². The molecule has 3 rings (SSSR count). The van der Waals surface area contributed by atoms with E-state index in [4.69, 9.17) is 23.2 Å². The van der Waals surface area contributed by atoms with Crippen LogP contribution in [0.3, 0.4) is 0 Å². The first kappa shape index (κ1) is 13.0. The Morgan fingerprint density at radius 2 is 1.95 bits per heavy atom. The maximum absolute atomic E-state index is 12.1. The van der Waals surface area contributed by atoms with Gasteiger partial charge in [-0.25, -0.2) is 4.98 Å². The zero-order valence-corrected chi connectivity index (χ0v) is 11.7. The molecule has 0 saturated heterocycles. The molecule has 0 saturated carbocycles. The van der Waals surface area contributed by atoms with Crippen molar-refractivity contribution < 1.29 is 4.79 Å². The Morgan fingerprint density at radius 3 is 2.75 bits per heavy atom. The van der Waals surface area contributed by atoms with Gasteiger partial charge < -0.3 is 10.3 Å². The van der Waals surface area contributed by atoms with Crippen LogP contribution < -0.4 is 5.32 Å². The average molecular weight is 306 g/mol. The quantitative estimate of drug-likeness (QED) is 0.748. The van der Waals surface area contributed by atoms with Crippen molar-refractivity contribution in [3.8, 4) is 0 Å². The van der Waals surface area contributed by atoms with Crippen molar-refractivity contribution in [2.24, 2.45) is 0 Å². The molecule has 3 aromatic rings. The monoisotopic (exact) mass is 305 g/mol. The van der Waals surface area contributed by atoms with Crippen molar-refractivity contribution in [1.82, 2.24) is 9.97 Å². The van der Waals surface area contributed by atoms with E-state index in [-0.39, 0.29) is 5.91 Å². The molecule has 0 spiro atoms. The summed E-state index contributed by atoms with van der Waals surface area (Å²) in [4.78, 5) is 19.4. The predicted molar refractivity (Wildman–Crippen MR) is 80.5 cm³/mol. The molecule has 0 radical (unpaired) electrons. The van der Waals surface area contributed by atoms with Crippen molar-refractivity contribution in [2.75, 3.05) is 5.32 Å². The fourth-order valence-corrected chi connectivity index (χ4v) is 2.13. The number of nitrogens with zero attached hydrogens (tertiary/aromatic N) is 1. The molecular weight excluding hydrogens is 297 g/mol. The molecule has 0 aliphatic carbocycles. The molecule has 0 fully saturated rings. The van der Waals surface area contributed by atoms with Crippen LogP contribution in [0.25, 0.3) is 11.0 Å². The second-order valence-corrected chi connectivity index (χ2v) is 5.00. The lowest BCUT2D eigenvalue weighted by atomic mass is 10.2. The van der Waals surface area contributed by atoms with Crippen molar-refractivity contribution in [2.45, 2.75) is 0 Å². The topological polar surface area (TPSA) is 57.8 Å². The number of rotatable bonds is 2. The molecule has 100 valence electrons. The average Bonchev–Trinajstić information content (AvgIpc) is 2.89. The molecule has 0 atom stereocenters. The van der Waals surface area contributed by atoms with E-state index in [1.807, 2.05) is 12.1 Å². The lowest BCUT2D eigenvalue weighted by Gasteiger charge is -2.05. The third-order valence-corrected chi connectivity index (χ3v) is 3.57. The second-order valence-electron chi connectivity index (χ2n) is 4.19. The fraction of sp³-hybridized carbons (Fsp3) is 0. The highest BCUT2D eigenvalue weighted by Crippen LogP contribution is 2.23. The predicted octanol–water partition coefficient (Wildman–Crippen LogP) is 4.12. The van der Waals surface area contributed by atoms with Gasteiger partial charge in [0.1, 0.15) is 5.82 Å². The summed E-state index contributed by atoms with van der Waals surface area (Å²) in [6.45, 7) is 0. The number of carbonyl (C=O) groups excluding carboxylic acids is 1. The summed E-state index contributed by atoms with van der Waals surface area (Å²) in [7, 11) is 0.